The van der Waals surface area contributed by atoms with Crippen LogP contribution in [0.5, 0.6) is 0 Å². The fourth-order valence-corrected chi connectivity index (χ4v) is 3.33. The first-order valence-electron chi connectivity index (χ1n) is 6.90. The molecule has 0 spiro atoms. The minimum absolute atomic E-state index is 0.0463. The van der Waals surface area contributed by atoms with E-state index in [2.05, 4.69) is 4.74 Å². The third-order valence-corrected chi connectivity index (χ3v) is 4.38. The van der Waals surface area contributed by atoms with Crippen LogP contribution in [0.15, 0.2) is 0 Å². The molecule has 0 bridgehead atoms. The number of carbonyl (C=O) groups excluding carboxylic acids is 1. The van der Waals surface area contributed by atoms with Crippen LogP contribution in [0.4, 0.5) is 13.2 Å². The summed E-state index contributed by atoms with van der Waals surface area (Å²) in [5.74, 6) is -1.27. The van der Waals surface area contributed by atoms with Crippen molar-refractivity contribution < 1.29 is 32.6 Å². The van der Waals surface area contributed by atoms with Gasteiger partial charge in [0.1, 0.15) is 6.61 Å². The van der Waals surface area contributed by atoms with Crippen LogP contribution in [-0.2, 0) is 14.3 Å². The van der Waals surface area contributed by atoms with E-state index in [1.165, 1.54) is 4.90 Å². The predicted octanol–water partition coefficient (Wildman–Crippen LogP) is 1.67. The summed E-state index contributed by atoms with van der Waals surface area (Å²) < 4.78 is 40.1. The number of alkyl halides is 3. The number of fused-ring (bicyclic) bond motifs is 1. The molecule has 1 saturated heterocycles. The molecule has 5 nitrogen and oxygen atoms in total. The Morgan fingerprint density at radius 3 is 2.67 bits per heavy atom. The van der Waals surface area contributed by atoms with E-state index in [1.54, 1.807) is 0 Å². The number of nitrogens with zero attached hydrogens (tertiary/aromatic N) is 1. The molecule has 8 heteroatoms. The molecule has 1 heterocycles. The lowest BCUT2D eigenvalue weighted by Gasteiger charge is -2.23. The van der Waals surface area contributed by atoms with Gasteiger partial charge < -0.3 is 14.7 Å². The van der Waals surface area contributed by atoms with Crippen molar-refractivity contribution in [3.63, 3.8) is 0 Å². The third-order valence-electron chi connectivity index (χ3n) is 4.38. The van der Waals surface area contributed by atoms with Gasteiger partial charge in [-0.15, -0.1) is 0 Å². The number of rotatable bonds is 5. The third kappa shape index (κ3) is 3.48. The Balaban J connectivity index is 1.81. The first-order valence-corrected chi connectivity index (χ1v) is 6.90. The maximum absolute atomic E-state index is 11.9. The number of likely N-dealkylation sites (tertiary alicyclic amines) is 1. The first kappa shape index (κ1) is 16.1. The zero-order valence-electron chi connectivity index (χ0n) is 11.5. The second-order valence-electron chi connectivity index (χ2n) is 5.74. The lowest BCUT2D eigenvalue weighted by molar-refractivity contribution is -0.175. The zero-order chi connectivity index (χ0) is 15.7. The lowest BCUT2D eigenvalue weighted by Crippen LogP contribution is -2.37. The smallest absolute Gasteiger partial charge is 0.411 e. The molecule has 0 aromatic carbocycles. The van der Waals surface area contributed by atoms with Gasteiger partial charge in [0.25, 0.3) is 0 Å². The maximum atomic E-state index is 11.9. The van der Waals surface area contributed by atoms with Crippen molar-refractivity contribution in [2.24, 2.45) is 11.3 Å². The minimum Gasteiger partial charge on any atom is -0.481 e. The van der Waals surface area contributed by atoms with Gasteiger partial charge in [0, 0.05) is 13.1 Å². The number of hydrogen-bond acceptors (Lipinski definition) is 3. The van der Waals surface area contributed by atoms with E-state index >= 15 is 0 Å². The lowest BCUT2D eigenvalue weighted by atomic mass is 9.81. The topological polar surface area (TPSA) is 66.8 Å². The maximum Gasteiger partial charge on any atom is 0.411 e. The Morgan fingerprint density at radius 2 is 2.10 bits per heavy atom. The largest absolute Gasteiger partial charge is 0.481 e. The molecular weight excluding hydrogens is 291 g/mol. The molecule has 0 radical (unpaired) electrons. The Labute approximate surface area is 120 Å². The standard InChI is InChI=1S/C13H18F3NO4/c14-13(15,16)8-21-5-3-10(18)17-6-9-2-1-4-12(9,7-17)11(19)20/h9H,1-8H2,(H,19,20)/t9-,12+/m0/s1. The van der Waals surface area contributed by atoms with Crippen molar-refractivity contribution in [3.05, 3.63) is 0 Å². The van der Waals surface area contributed by atoms with Crippen LogP contribution in [0.3, 0.4) is 0 Å². The molecule has 2 aliphatic rings. The molecule has 0 aromatic heterocycles. The molecule has 0 unspecified atom stereocenters. The highest BCUT2D eigenvalue weighted by Gasteiger charge is 2.55. The van der Waals surface area contributed by atoms with Crippen LogP contribution in [0.2, 0.25) is 0 Å². The Kier molecular flexibility index (Phi) is 4.46. The normalized spacial score (nSPS) is 28.7. The average molecular weight is 309 g/mol. The number of carboxylic acids is 1. The van der Waals surface area contributed by atoms with E-state index in [1.807, 2.05) is 0 Å². The molecule has 1 amide bonds. The van der Waals surface area contributed by atoms with E-state index in [4.69, 9.17) is 0 Å². The van der Waals surface area contributed by atoms with Crippen LogP contribution < -0.4 is 0 Å². The number of hydrogen-bond donors (Lipinski definition) is 1. The van der Waals surface area contributed by atoms with E-state index in [0.29, 0.717) is 13.0 Å². The van der Waals surface area contributed by atoms with Crippen LogP contribution >= 0.6 is 0 Å². The zero-order valence-corrected chi connectivity index (χ0v) is 11.5. The summed E-state index contributed by atoms with van der Waals surface area (Å²) >= 11 is 0. The summed E-state index contributed by atoms with van der Waals surface area (Å²) in [5, 5.41) is 9.39. The summed E-state index contributed by atoms with van der Waals surface area (Å²) in [6.07, 6.45) is -2.38. The highest BCUT2D eigenvalue weighted by molar-refractivity contribution is 5.81. The summed E-state index contributed by atoms with van der Waals surface area (Å²) in [4.78, 5) is 24.8. The molecule has 1 N–H and O–H groups in total. The Morgan fingerprint density at radius 1 is 1.38 bits per heavy atom. The van der Waals surface area contributed by atoms with Crippen molar-refractivity contribution in [2.75, 3.05) is 26.3 Å². The highest BCUT2D eigenvalue weighted by Crippen LogP contribution is 2.48. The van der Waals surface area contributed by atoms with Crippen LogP contribution in [-0.4, -0.2) is 54.4 Å². The van der Waals surface area contributed by atoms with Crippen LogP contribution in [0, 0.1) is 11.3 Å². The van der Waals surface area contributed by atoms with Gasteiger partial charge in [-0.3, -0.25) is 9.59 Å². The molecular formula is C13H18F3NO4. The quantitative estimate of drug-likeness (QED) is 0.785. The molecule has 2 atom stereocenters. The van der Waals surface area contributed by atoms with Crippen molar-refractivity contribution in [1.29, 1.82) is 0 Å². The molecule has 1 aliphatic heterocycles. The highest BCUT2D eigenvalue weighted by atomic mass is 19.4. The summed E-state index contributed by atoms with van der Waals surface area (Å²) in [5.41, 5.74) is -0.859. The van der Waals surface area contributed by atoms with E-state index in [0.717, 1.165) is 12.8 Å². The SMILES string of the molecule is O=C(CCOCC(F)(F)F)N1C[C@@H]2CCC[C@@]2(C(=O)O)C1. The molecule has 1 aliphatic carbocycles. The second kappa shape index (κ2) is 5.82. The van der Waals surface area contributed by atoms with Gasteiger partial charge >= 0.3 is 12.1 Å². The summed E-state index contributed by atoms with van der Waals surface area (Å²) in [7, 11) is 0. The average Bonchev–Trinajstić information content (AvgIpc) is 2.90. The van der Waals surface area contributed by atoms with E-state index < -0.39 is 24.2 Å². The van der Waals surface area contributed by atoms with Crippen molar-refractivity contribution in [3.8, 4) is 0 Å². The van der Waals surface area contributed by atoms with Gasteiger partial charge in [0.05, 0.1) is 18.4 Å². The summed E-state index contributed by atoms with van der Waals surface area (Å²) in [6.45, 7) is -1.14. The number of carbonyl (C=O) groups is 2. The number of amides is 1. The number of ether oxygens (including phenoxy) is 1. The van der Waals surface area contributed by atoms with Gasteiger partial charge in [-0.25, -0.2) is 0 Å². The minimum atomic E-state index is -4.40. The number of carboxylic acid groups (broad SMARTS) is 1. The van der Waals surface area contributed by atoms with Crippen molar-refractivity contribution >= 4 is 11.9 Å². The molecule has 2 rings (SSSR count). The van der Waals surface area contributed by atoms with Gasteiger partial charge in [0.2, 0.25) is 5.91 Å². The molecule has 0 aromatic rings. The first-order chi connectivity index (χ1) is 9.74. The summed E-state index contributed by atoms with van der Waals surface area (Å²) in [6, 6.07) is 0. The number of halogens is 3. The van der Waals surface area contributed by atoms with Crippen LogP contribution in [0.1, 0.15) is 25.7 Å². The van der Waals surface area contributed by atoms with Gasteiger partial charge in [-0.1, -0.05) is 6.42 Å². The monoisotopic (exact) mass is 309 g/mol. The molecule has 2 fully saturated rings. The fraction of sp³-hybridized carbons (Fsp3) is 0.846. The van der Waals surface area contributed by atoms with Gasteiger partial charge in [0.15, 0.2) is 0 Å². The van der Waals surface area contributed by atoms with Gasteiger partial charge in [-0.05, 0) is 18.8 Å². The predicted molar refractivity (Wildman–Crippen MR) is 65.5 cm³/mol. The van der Waals surface area contributed by atoms with Crippen molar-refractivity contribution in [2.45, 2.75) is 31.9 Å². The number of aliphatic carboxylic acids is 1. The molecule has 120 valence electrons. The van der Waals surface area contributed by atoms with Crippen molar-refractivity contribution in [1.82, 2.24) is 4.90 Å². The Hall–Kier alpha value is -1.31. The Bertz CT molecular complexity index is 426. The van der Waals surface area contributed by atoms with Crippen LogP contribution in [0.25, 0.3) is 0 Å². The molecule has 1 saturated carbocycles. The van der Waals surface area contributed by atoms with E-state index in [-0.39, 0.29) is 31.4 Å². The fourth-order valence-electron chi connectivity index (χ4n) is 3.33. The van der Waals surface area contributed by atoms with Gasteiger partial charge in [-0.2, -0.15) is 13.2 Å². The second-order valence-corrected chi connectivity index (χ2v) is 5.74. The molecule has 21 heavy (non-hydrogen) atoms. The van der Waals surface area contributed by atoms with E-state index in [9.17, 15) is 27.9 Å².